The lowest BCUT2D eigenvalue weighted by Crippen LogP contribution is -2.28. The summed E-state index contributed by atoms with van der Waals surface area (Å²) in [6.07, 6.45) is 6.75. The van der Waals surface area contributed by atoms with E-state index in [0.29, 0.717) is 23.4 Å². The number of aromatic nitrogens is 4. The predicted octanol–water partition coefficient (Wildman–Crippen LogP) is 2.65. The average molecular weight is 341 g/mol. The van der Waals surface area contributed by atoms with E-state index in [0.717, 1.165) is 18.7 Å². The smallest absolute Gasteiger partial charge is 0.257 e. The first-order chi connectivity index (χ1) is 12.1. The van der Waals surface area contributed by atoms with Gasteiger partial charge in [-0.1, -0.05) is 12.1 Å². The molecule has 25 heavy (non-hydrogen) atoms. The minimum atomic E-state index is -0.353. The number of hydrogen-bond acceptors (Lipinski definition) is 3. The van der Waals surface area contributed by atoms with Crippen molar-refractivity contribution in [1.29, 1.82) is 0 Å². The predicted molar refractivity (Wildman–Crippen MR) is 92.5 cm³/mol. The Hall–Kier alpha value is -2.96. The molecule has 0 atom stereocenters. The summed E-state index contributed by atoms with van der Waals surface area (Å²) in [6, 6.07) is 6.10. The number of nitrogens with one attached hydrogen (secondary N) is 1. The third kappa shape index (κ3) is 3.76. The Morgan fingerprint density at radius 2 is 2.24 bits per heavy atom. The van der Waals surface area contributed by atoms with E-state index in [1.807, 2.05) is 17.8 Å². The van der Waals surface area contributed by atoms with Crippen molar-refractivity contribution >= 4 is 5.91 Å². The molecule has 1 N–H and O–H groups in total. The summed E-state index contributed by atoms with van der Waals surface area (Å²) in [6.45, 7) is 0.597. The number of carbonyl (C=O) groups excluding carboxylic acids is 1. The Kier molecular flexibility index (Phi) is 4.92. The molecule has 3 rings (SSSR count). The molecule has 130 valence electrons. The molecule has 1 aromatic carbocycles. The van der Waals surface area contributed by atoms with E-state index in [2.05, 4.69) is 15.2 Å². The third-order valence-corrected chi connectivity index (χ3v) is 4.14. The first kappa shape index (κ1) is 16.9. The monoisotopic (exact) mass is 341 g/mol. The first-order valence-corrected chi connectivity index (χ1v) is 8.07. The van der Waals surface area contributed by atoms with E-state index >= 15 is 0 Å². The Morgan fingerprint density at radius 3 is 2.96 bits per heavy atom. The van der Waals surface area contributed by atoms with Crippen molar-refractivity contribution in [3.63, 3.8) is 0 Å². The maximum atomic E-state index is 13.4. The fourth-order valence-corrected chi connectivity index (χ4v) is 2.73. The molecular weight excluding hydrogens is 321 g/mol. The van der Waals surface area contributed by atoms with Gasteiger partial charge in [0.15, 0.2) is 0 Å². The van der Waals surface area contributed by atoms with E-state index in [4.69, 9.17) is 0 Å². The minimum Gasteiger partial charge on any atom is -0.342 e. The summed E-state index contributed by atoms with van der Waals surface area (Å²) in [5.74, 6) is 0.492. The molecule has 0 saturated carbocycles. The number of aryl methyl sites for hydroxylation is 2. The van der Waals surface area contributed by atoms with Crippen LogP contribution in [-0.2, 0) is 13.5 Å². The highest BCUT2D eigenvalue weighted by atomic mass is 19.1. The summed E-state index contributed by atoms with van der Waals surface area (Å²) in [4.78, 5) is 18.6. The highest BCUT2D eigenvalue weighted by molar-refractivity contribution is 5.99. The van der Waals surface area contributed by atoms with Crippen LogP contribution in [0.15, 0.2) is 42.9 Å². The van der Waals surface area contributed by atoms with Crippen LogP contribution >= 0.6 is 0 Å². The van der Waals surface area contributed by atoms with Crippen LogP contribution in [0, 0.1) is 5.82 Å². The Morgan fingerprint density at radius 1 is 1.40 bits per heavy atom. The average Bonchev–Trinajstić information content (AvgIpc) is 3.23. The van der Waals surface area contributed by atoms with Crippen molar-refractivity contribution in [1.82, 2.24) is 24.6 Å². The zero-order valence-corrected chi connectivity index (χ0v) is 14.2. The van der Waals surface area contributed by atoms with Gasteiger partial charge in [-0.25, -0.2) is 9.37 Å². The van der Waals surface area contributed by atoms with Crippen molar-refractivity contribution in [2.24, 2.45) is 7.05 Å². The lowest BCUT2D eigenvalue weighted by Gasteiger charge is -2.17. The molecule has 0 aliphatic carbocycles. The lowest BCUT2D eigenvalue weighted by atomic mass is 10.1. The summed E-state index contributed by atoms with van der Waals surface area (Å²) in [5, 5.41) is 6.75. The van der Waals surface area contributed by atoms with Gasteiger partial charge in [0.25, 0.3) is 5.91 Å². The van der Waals surface area contributed by atoms with Gasteiger partial charge in [0.05, 0.1) is 17.5 Å². The fraction of sp³-hybridized carbons (Fsp3) is 0.278. The van der Waals surface area contributed by atoms with E-state index < -0.39 is 0 Å². The number of hydrogen-bond donors (Lipinski definition) is 1. The SMILES string of the molecule is CN(CCCc1nccn1C)C(=O)c1cn[nH]c1-c1cccc(F)c1. The highest BCUT2D eigenvalue weighted by Gasteiger charge is 2.19. The maximum absolute atomic E-state index is 13.4. The summed E-state index contributed by atoms with van der Waals surface area (Å²) >= 11 is 0. The topological polar surface area (TPSA) is 66.8 Å². The molecule has 0 aliphatic rings. The largest absolute Gasteiger partial charge is 0.342 e. The zero-order chi connectivity index (χ0) is 17.8. The highest BCUT2D eigenvalue weighted by Crippen LogP contribution is 2.22. The van der Waals surface area contributed by atoms with Crippen molar-refractivity contribution in [3.05, 3.63) is 60.1 Å². The third-order valence-electron chi connectivity index (χ3n) is 4.14. The molecule has 0 aliphatic heterocycles. The standard InChI is InChI=1S/C18H20FN5O/c1-23-10-8-20-16(23)7-4-9-24(2)18(25)15-12-21-22-17(15)13-5-3-6-14(19)11-13/h3,5-6,8,10-12H,4,7,9H2,1-2H3,(H,21,22). The minimum absolute atomic E-state index is 0.146. The fourth-order valence-electron chi connectivity index (χ4n) is 2.73. The van der Waals surface area contributed by atoms with Crippen LogP contribution in [0.4, 0.5) is 4.39 Å². The Labute approximate surface area is 145 Å². The molecule has 2 heterocycles. The van der Waals surface area contributed by atoms with Crippen LogP contribution in [0.3, 0.4) is 0 Å². The Balaban J connectivity index is 1.67. The molecule has 2 aromatic heterocycles. The number of amides is 1. The second-order valence-corrected chi connectivity index (χ2v) is 5.95. The number of halogens is 1. The summed E-state index contributed by atoms with van der Waals surface area (Å²) < 4.78 is 15.4. The van der Waals surface area contributed by atoms with Gasteiger partial charge in [-0.05, 0) is 18.6 Å². The van der Waals surface area contributed by atoms with Gasteiger partial charge in [-0.3, -0.25) is 9.89 Å². The molecule has 6 nitrogen and oxygen atoms in total. The quantitative estimate of drug-likeness (QED) is 0.749. The maximum Gasteiger partial charge on any atom is 0.257 e. The Bertz CT molecular complexity index is 870. The van der Waals surface area contributed by atoms with E-state index in [9.17, 15) is 9.18 Å². The van der Waals surface area contributed by atoms with Gasteiger partial charge in [-0.2, -0.15) is 5.10 Å². The summed E-state index contributed by atoms with van der Waals surface area (Å²) in [7, 11) is 3.71. The number of benzene rings is 1. The first-order valence-electron chi connectivity index (χ1n) is 8.07. The number of carbonyl (C=O) groups is 1. The van der Waals surface area contributed by atoms with Crippen molar-refractivity contribution in [2.45, 2.75) is 12.8 Å². The van der Waals surface area contributed by atoms with E-state index in [-0.39, 0.29) is 11.7 Å². The molecule has 0 fully saturated rings. The van der Waals surface area contributed by atoms with E-state index in [1.165, 1.54) is 18.3 Å². The van der Waals surface area contributed by atoms with Gasteiger partial charge in [0.2, 0.25) is 0 Å². The molecule has 0 bridgehead atoms. The number of rotatable bonds is 6. The number of nitrogens with zero attached hydrogens (tertiary/aromatic N) is 4. The number of aromatic amines is 1. The van der Waals surface area contributed by atoms with Crippen molar-refractivity contribution < 1.29 is 9.18 Å². The second-order valence-electron chi connectivity index (χ2n) is 5.95. The lowest BCUT2D eigenvalue weighted by molar-refractivity contribution is 0.0794. The molecular formula is C18H20FN5O. The van der Waals surface area contributed by atoms with Crippen LogP contribution in [0.25, 0.3) is 11.3 Å². The molecule has 0 radical (unpaired) electrons. The molecule has 0 unspecified atom stereocenters. The van der Waals surface area contributed by atoms with Gasteiger partial charge >= 0.3 is 0 Å². The summed E-state index contributed by atoms with van der Waals surface area (Å²) in [5.41, 5.74) is 1.56. The molecule has 0 spiro atoms. The van der Waals surface area contributed by atoms with E-state index in [1.54, 1.807) is 30.3 Å². The van der Waals surface area contributed by atoms with Gasteiger partial charge in [0.1, 0.15) is 11.6 Å². The van der Waals surface area contributed by atoms with Crippen molar-refractivity contribution in [2.75, 3.05) is 13.6 Å². The number of imidazole rings is 1. The van der Waals surface area contributed by atoms with Crippen LogP contribution in [-0.4, -0.2) is 44.1 Å². The molecule has 0 saturated heterocycles. The van der Waals surface area contributed by atoms with Crippen LogP contribution in [0.5, 0.6) is 0 Å². The molecule has 3 aromatic rings. The zero-order valence-electron chi connectivity index (χ0n) is 14.2. The van der Waals surface area contributed by atoms with Gasteiger partial charge in [0, 0.05) is 45.0 Å². The molecule has 7 heteroatoms. The van der Waals surface area contributed by atoms with Crippen LogP contribution in [0.1, 0.15) is 22.6 Å². The van der Waals surface area contributed by atoms with Gasteiger partial charge < -0.3 is 9.47 Å². The number of H-pyrrole nitrogens is 1. The van der Waals surface area contributed by atoms with Crippen molar-refractivity contribution in [3.8, 4) is 11.3 Å². The normalized spacial score (nSPS) is 10.8. The van der Waals surface area contributed by atoms with Crippen LogP contribution in [0.2, 0.25) is 0 Å². The van der Waals surface area contributed by atoms with Gasteiger partial charge in [-0.15, -0.1) is 0 Å². The second kappa shape index (κ2) is 7.29. The molecule has 1 amide bonds. The van der Waals surface area contributed by atoms with Crippen LogP contribution < -0.4 is 0 Å².